The van der Waals surface area contributed by atoms with Gasteiger partial charge in [0.25, 0.3) is 0 Å². The fraction of sp³-hybridized carbons (Fsp3) is 0.0476. The molecule has 0 saturated carbocycles. The summed E-state index contributed by atoms with van der Waals surface area (Å²) < 4.78 is 5.79. The third-order valence-electron chi connectivity index (χ3n) is 4.58. The summed E-state index contributed by atoms with van der Waals surface area (Å²) in [5.41, 5.74) is 3.04. The Morgan fingerprint density at radius 2 is 1.93 bits per heavy atom. The molecule has 5 rings (SSSR count). The highest BCUT2D eigenvalue weighted by molar-refractivity contribution is 7.19. The normalized spacial score (nSPS) is 15.0. The number of nitrogens with zero attached hydrogens (tertiary/aromatic N) is 2. The zero-order chi connectivity index (χ0) is 19.4. The van der Waals surface area contributed by atoms with Gasteiger partial charge in [0.15, 0.2) is 22.0 Å². The van der Waals surface area contributed by atoms with E-state index >= 15 is 0 Å². The number of fused-ring (bicyclic) bond motifs is 2. The number of rotatable bonds is 2. The van der Waals surface area contributed by atoms with Crippen LogP contribution in [-0.4, -0.2) is 21.5 Å². The summed E-state index contributed by atoms with van der Waals surface area (Å²) in [6, 6.07) is 8.69. The van der Waals surface area contributed by atoms with Gasteiger partial charge in [-0.15, -0.1) is 11.3 Å². The summed E-state index contributed by atoms with van der Waals surface area (Å²) in [6.45, 7) is 1.81. The molecule has 4 aromatic rings. The predicted octanol–water partition coefficient (Wildman–Crippen LogP) is 5.38. The molecule has 7 heteroatoms. The zero-order valence-electron chi connectivity index (χ0n) is 14.5. The van der Waals surface area contributed by atoms with Gasteiger partial charge < -0.3 is 4.42 Å². The van der Waals surface area contributed by atoms with Gasteiger partial charge in [0.1, 0.15) is 0 Å². The van der Waals surface area contributed by atoms with Crippen molar-refractivity contribution in [2.75, 3.05) is 0 Å². The van der Waals surface area contributed by atoms with Gasteiger partial charge in [0, 0.05) is 39.5 Å². The number of hydrogen-bond donors (Lipinski definition) is 0. The molecule has 3 aromatic heterocycles. The Hall–Kier alpha value is -3.09. The van der Waals surface area contributed by atoms with Crippen LogP contribution in [-0.2, 0) is 0 Å². The first-order valence-electron chi connectivity index (χ1n) is 8.43. The number of benzene rings is 1. The highest BCUT2D eigenvalue weighted by Gasteiger charge is 2.34. The van der Waals surface area contributed by atoms with Crippen LogP contribution in [0.15, 0.2) is 52.7 Å². The monoisotopic (exact) mass is 406 g/mol. The number of hydrogen-bond acceptors (Lipinski definition) is 6. The molecule has 0 unspecified atom stereocenters. The molecule has 0 aliphatic heterocycles. The number of oxazole rings is 1. The molecule has 0 saturated heterocycles. The maximum atomic E-state index is 12.7. The van der Waals surface area contributed by atoms with Gasteiger partial charge >= 0.3 is 0 Å². The molecule has 0 amide bonds. The third kappa shape index (κ3) is 2.61. The Morgan fingerprint density at radius 1 is 1.14 bits per heavy atom. The molecule has 0 N–H and O–H groups in total. The van der Waals surface area contributed by atoms with Crippen LogP contribution in [0.25, 0.3) is 27.9 Å². The molecule has 0 spiro atoms. The number of aromatic nitrogens is 2. The molecule has 136 valence electrons. The summed E-state index contributed by atoms with van der Waals surface area (Å²) in [7, 11) is 0. The van der Waals surface area contributed by atoms with Crippen molar-refractivity contribution in [3.8, 4) is 11.5 Å². The van der Waals surface area contributed by atoms with Gasteiger partial charge in [0.2, 0.25) is 5.89 Å². The van der Waals surface area contributed by atoms with Crippen LogP contribution in [0.5, 0.6) is 0 Å². The van der Waals surface area contributed by atoms with E-state index in [0.717, 1.165) is 16.0 Å². The minimum Gasteiger partial charge on any atom is -0.435 e. The first-order valence-corrected chi connectivity index (χ1v) is 9.63. The van der Waals surface area contributed by atoms with Crippen LogP contribution in [0.3, 0.4) is 0 Å². The van der Waals surface area contributed by atoms with Crippen LogP contribution in [0.1, 0.15) is 31.2 Å². The number of ketones is 2. The molecule has 0 atom stereocenters. The Morgan fingerprint density at radius 3 is 2.64 bits per heavy atom. The Kier molecular flexibility index (Phi) is 3.79. The second kappa shape index (κ2) is 6.22. The highest BCUT2D eigenvalue weighted by Crippen LogP contribution is 2.35. The van der Waals surface area contributed by atoms with Crippen molar-refractivity contribution in [2.24, 2.45) is 0 Å². The van der Waals surface area contributed by atoms with E-state index in [9.17, 15) is 9.59 Å². The Labute approximate surface area is 168 Å². The van der Waals surface area contributed by atoms with Gasteiger partial charge in [-0.05, 0) is 42.8 Å². The largest absolute Gasteiger partial charge is 0.435 e. The smallest absolute Gasteiger partial charge is 0.229 e. The minimum absolute atomic E-state index is 0.132. The fourth-order valence-corrected chi connectivity index (χ4v) is 4.22. The predicted molar refractivity (Wildman–Crippen MR) is 108 cm³/mol. The number of pyridine rings is 1. The van der Waals surface area contributed by atoms with Gasteiger partial charge in [-0.1, -0.05) is 11.6 Å². The lowest BCUT2D eigenvalue weighted by Gasteiger charge is -2.00. The maximum absolute atomic E-state index is 12.7. The fourth-order valence-electron chi connectivity index (χ4n) is 3.16. The molecule has 1 aliphatic carbocycles. The lowest BCUT2D eigenvalue weighted by molar-refractivity contribution is 0.0990. The van der Waals surface area contributed by atoms with Crippen molar-refractivity contribution in [1.29, 1.82) is 0 Å². The number of carbonyl (C=O) groups excluding carboxylic acids is 2. The van der Waals surface area contributed by atoms with Crippen LogP contribution in [0.4, 0.5) is 0 Å². The van der Waals surface area contributed by atoms with E-state index in [2.05, 4.69) is 9.97 Å². The number of aryl methyl sites for hydroxylation is 1. The third-order valence-corrected chi connectivity index (χ3v) is 5.95. The second-order valence-corrected chi connectivity index (χ2v) is 7.91. The molecule has 0 radical (unpaired) electrons. The van der Waals surface area contributed by atoms with Gasteiger partial charge in [-0.2, -0.15) is 4.98 Å². The quantitative estimate of drug-likeness (QED) is 0.330. The summed E-state index contributed by atoms with van der Waals surface area (Å²) in [6.07, 6.45) is 4.96. The number of carbonyl (C=O) groups is 2. The average Bonchev–Trinajstić information content (AvgIpc) is 3.31. The Bertz CT molecular complexity index is 1240. The average molecular weight is 407 g/mol. The van der Waals surface area contributed by atoms with Gasteiger partial charge in [-0.3, -0.25) is 14.6 Å². The molecule has 1 aromatic carbocycles. The van der Waals surface area contributed by atoms with Gasteiger partial charge in [-0.25, -0.2) is 0 Å². The van der Waals surface area contributed by atoms with Crippen LogP contribution < -0.4 is 0 Å². The molecular weight excluding hydrogens is 396 g/mol. The molecule has 0 fully saturated rings. The summed E-state index contributed by atoms with van der Waals surface area (Å²) in [4.78, 5) is 35.3. The molecule has 5 nitrogen and oxygen atoms in total. The summed E-state index contributed by atoms with van der Waals surface area (Å²) in [5.74, 6) is -0.108. The highest BCUT2D eigenvalue weighted by atomic mass is 35.5. The second-order valence-electron chi connectivity index (χ2n) is 6.44. The van der Waals surface area contributed by atoms with Crippen molar-refractivity contribution in [3.05, 3.63) is 74.9 Å². The molecule has 3 heterocycles. The lowest BCUT2D eigenvalue weighted by Crippen LogP contribution is -1.99. The number of thiophene rings is 1. The van der Waals surface area contributed by atoms with E-state index in [4.69, 9.17) is 16.0 Å². The standard InChI is InChI=1S/C21H11ClN2O3S/c1-10-5-13-14(8-16(10)22)19(26)15(18(13)25)6-12-7-17-21(28-12)24-20(27-17)11-3-2-4-23-9-11/h2-9H,1H3/b15-6+. The topological polar surface area (TPSA) is 73.1 Å². The first kappa shape index (κ1) is 17.0. The SMILES string of the molecule is Cc1cc2c(cc1Cl)C(=O)/C(=C/c1cc3oc(-c4cccnc4)nc3s1)C2=O. The van der Waals surface area contributed by atoms with E-state index in [1.54, 1.807) is 43.6 Å². The molecule has 0 bridgehead atoms. The number of halogens is 1. The Balaban J connectivity index is 1.53. The van der Waals surface area contributed by atoms with Crippen molar-refractivity contribution >= 4 is 51.0 Å². The first-order chi connectivity index (χ1) is 13.5. The zero-order valence-corrected chi connectivity index (χ0v) is 16.1. The van der Waals surface area contributed by atoms with E-state index in [0.29, 0.717) is 32.5 Å². The molecule has 28 heavy (non-hydrogen) atoms. The van der Waals surface area contributed by atoms with E-state index in [-0.39, 0.29) is 17.1 Å². The van der Waals surface area contributed by atoms with E-state index in [1.165, 1.54) is 11.3 Å². The van der Waals surface area contributed by atoms with Crippen LogP contribution >= 0.6 is 22.9 Å². The van der Waals surface area contributed by atoms with Crippen LogP contribution in [0, 0.1) is 6.92 Å². The molecular formula is C21H11ClN2O3S. The maximum Gasteiger partial charge on any atom is 0.229 e. The number of allylic oxidation sites excluding steroid dienone is 1. The van der Waals surface area contributed by atoms with Crippen LogP contribution in [0.2, 0.25) is 5.02 Å². The number of Topliss-reactive ketones (excluding diaryl/α,β-unsaturated/α-hetero) is 2. The summed E-state index contributed by atoms with van der Waals surface area (Å²) in [5, 5.41) is 0.474. The van der Waals surface area contributed by atoms with Crippen molar-refractivity contribution in [2.45, 2.75) is 6.92 Å². The van der Waals surface area contributed by atoms with Crippen molar-refractivity contribution in [3.63, 3.8) is 0 Å². The lowest BCUT2D eigenvalue weighted by atomic mass is 10.1. The van der Waals surface area contributed by atoms with Crippen molar-refractivity contribution < 1.29 is 14.0 Å². The van der Waals surface area contributed by atoms with Gasteiger partial charge in [0.05, 0.1) is 11.1 Å². The summed E-state index contributed by atoms with van der Waals surface area (Å²) >= 11 is 7.47. The van der Waals surface area contributed by atoms with Crippen molar-refractivity contribution in [1.82, 2.24) is 9.97 Å². The minimum atomic E-state index is -0.309. The van der Waals surface area contributed by atoms with E-state index in [1.807, 2.05) is 12.1 Å². The van der Waals surface area contributed by atoms with E-state index < -0.39 is 0 Å². The molecule has 1 aliphatic rings.